The van der Waals surface area contributed by atoms with Gasteiger partial charge in [-0.05, 0) is 24.5 Å². The number of carbonyl (C=O) groups excluding carboxylic acids is 2. The van der Waals surface area contributed by atoms with E-state index in [0.29, 0.717) is 38.3 Å². The quantitative estimate of drug-likeness (QED) is 0.922. The van der Waals surface area contributed by atoms with Gasteiger partial charge in [0.05, 0.1) is 6.42 Å². The minimum Gasteiger partial charge on any atom is -0.341 e. The Kier molecular flexibility index (Phi) is 6.38. The molecule has 0 atom stereocenters. The van der Waals surface area contributed by atoms with Crippen LogP contribution in [0.25, 0.3) is 0 Å². The van der Waals surface area contributed by atoms with Crippen LogP contribution in [0.3, 0.4) is 0 Å². The highest BCUT2D eigenvalue weighted by atomic mass is 19.1. The van der Waals surface area contributed by atoms with E-state index in [0.717, 1.165) is 12.8 Å². The van der Waals surface area contributed by atoms with Crippen molar-refractivity contribution in [2.45, 2.75) is 26.2 Å². The van der Waals surface area contributed by atoms with Gasteiger partial charge in [0.15, 0.2) is 0 Å². The number of benzene rings is 1. The molecular weight excluding hydrogens is 297 g/mol. The van der Waals surface area contributed by atoms with Crippen LogP contribution in [0, 0.1) is 5.82 Å². The molecular formula is C17H24FN3O2. The molecule has 1 fully saturated rings. The van der Waals surface area contributed by atoms with Gasteiger partial charge < -0.3 is 15.1 Å². The summed E-state index contributed by atoms with van der Waals surface area (Å²) in [5.41, 5.74) is 0.416. The number of amides is 3. The van der Waals surface area contributed by atoms with Gasteiger partial charge in [-0.25, -0.2) is 9.18 Å². The second kappa shape index (κ2) is 8.50. The normalized spacial score (nSPS) is 15.2. The molecule has 0 unspecified atom stereocenters. The molecule has 1 aromatic carbocycles. The predicted molar refractivity (Wildman–Crippen MR) is 86.6 cm³/mol. The van der Waals surface area contributed by atoms with Crippen LogP contribution < -0.4 is 5.32 Å². The standard InChI is InChI=1S/C17H24FN3O2/c1-2-8-19-17(23)21-10-5-9-20(11-12-21)16(22)13-14-6-3-4-7-15(14)18/h3-4,6-7H,2,5,8-13H2,1H3,(H,19,23). The number of nitrogens with zero attached hydrogens (tertiary/aromatic N) is 2. The molecule has 0 radical (unpaired) electrons. The van der Waals surface area contributed by atoms with Crippen molar-refractivity contribution in [1.82, 2.24) is 15.1 Å². The fraction of sp³-hybridized carbons (Fsp3) is 0.529. The second-order valence-electron chi connectivity index (χ2n) is 5.72. The number of carbonyl (C=O) groups is 2. The summed E-state index contributed by atoms with van der Waals surface area (Å²) >= 11 is 0. The van der Waals surface area contributed by atoms with Crippen LogP contribution in [-0.4, -0.2) is 54.5 Å². The maximum atomic E-state index is 13.7. The van der Waals surface area contributed by atoms with Crippen LogP contribution in [0.1, 0.15) is 25.3 Å². The largest absolute Gasteiger partial charge is 0.341 e. The zero-order chi connectivity index (χ0) is 16.7. The van der Waals surface area contributed by atoms with Gasteiger partial charge >= 0.3 is 6.03 Å². The maximum Gasteiger partial charge on any atom is 0.317 e. The molecule has 126 valence electrons. The number of hydrogen-bond acceptors (Lipinski definition) is 2. The van der Waals surface area contributed by atoms with E-state index in [1.807, 2.05) is 6.92 Å². The number of urea groups is 1. The SMILES string of the molecule is CCCNC(=O)N1CCCN(C(=O)Cc2ccccc2F)CC1. The first kappa shape index (κ1) is 17.2. The average Bonchev–Trinajstić information content (AvgIpc) is 2.81. The summed E-state index contributed by atoms with van der Waals surface area (Å²) < 4.78 is 13.7. The Labute approximate surface area is 136 Å². The lowest BCUT2D eigenvalue weighted by molar-refractivity contribution is -0.130. The first-order valence-corrected chi connectivity index (χ1v) is 8.15. The predicted octanol–water partition coefficient (Wildman–Crippen LogP) is 2.02. The number of rotatable bonds is 4. The minimum absolute atomic E-state index is 0.0642. The molecule has 0 aliphatic carbocycles. The minimum atomic E-state index is -0.351. The lowest BCUT2D eigenvalue weighted by Crippen LogP contribution is -2.43. The van der Waals surface area contributed by atoms with Crippen molar-refractivity contribution >= 4 is 11.9 Å². The summed E-state index contributed by atoms with van der Waals surface area (Å²) in [7, 11) is 0. The van der Waals surface area contributed by atoms with Crippen LogP contribution in [0.4, 0.5) is 9.18 Å². The van der Waals surface area contributed by atoms with E-state index in [1.54, 1.807) is 28.0 Å². The van der Waals surface area contributed by atoms with Crippen molar-refractivity contribution < 1.29 is 14.0 Å². The Balaban J connectivity index is 1.88. The molecule has 1 heterocycles. The molecule has 1 aliphatic rings. The summed E-state index contributed by atoms with van der Waals surface area (Å²) in [4.78, 5) is 27.8. The molecule has 0 bridgehead atoms. The van der Waals surface area contributed by atoms with E-state index < -0.39 is 0 Å². The second-order valence-corrected chi connectivity index (χ2v) is 5.72. The van der Waals surface area contributed by atoms with Crippen molar-refractivity contribution in [3.05, 3.63) is 35.6 Å². The summed E-state index contributed by atoms with van der Waals surface area (Å²) in [5.74, 6) is -0.442. The van der Waals surface area contributed by atoms with Crippen LogP contribution in [0.5, 0.6) is 0 Å². The van der Waals surface area contributed by atoms with E-state index >= 15 is 0 Å². The van der Waals surface area contributed by atoms with E-state index in [4.69, 9.17) is 0 Å². The number of nitrogens with one attached hydrogen (secondary N) is 1. The Morgan fingerprint density at radius 3 is 2.57 bits per heavy atom. The van der Waals surface area contributed by atoms with E-state index in [2.05, 4.69) is 5.32 Å². The fourth-order valence-corrected chi connectivity index (χ4v) is 2.63. The molecule has 3 amide bonds. The van der Waals surface area contributed by atoms with Crippen molar-refractivity contribution in [2.75, 3.05) is 32.7 Å². The summed E-state index contributed by atoms with van der Waals surface area (Å²) in [6.45, 7) is 4.91. The molecule has 1 aromatic rings. The summed E-state index contributed by atoms with van der Waals surface area (Å²) in [6, 6.07) is 6.27. The van der Waals surface area contributed by atoms with E-state index in [1.165, 1.54) is 6.07 Å². The smallest absolute Gasteiger partial charge is 0.317 e. The lowest BCUT2D eigenvalue weighted by atomic mass is 10.1. The molecule has 5 nitrogen and oxygen atoms in total. The third-order valence-electron chi connectivity index (χ3n) is 3.96. The van der Waals surface area contributed by atoms with Crippen LogP contribution >= 0.6 is 0 Å². The van der Waals surface area contributed by atoms with Gasteiger partial charge in [-0.15, -0.1) is 0 Å². The van der Waals surface area contributed by atoms with Gasteiger partial charge in [0, 0.05) is 32.7 Å². The Morgan fingerprint density at radius 2 is 1.83 bits per heavy atom. The highest BCUT2D eigenvalue weighted by Crippen LogP contribution is 2.11. The number of halogens is 1. The van der Waals surface area contributed by atoms with Crippen LogP contribution in [0.2, 0.25) is 0 Å². The first-order chi connectivity index (χ1) is 11.1. The molecule has 1 saturated heterocycles. The Bertz CT molecular complexity index is 550. The summed E-state index contributed by atoms with van der Waals surface area (Å²) in [6.07, 6.45) is 1.70. The van der Waals surface area contributed by atoms with Crippen molar-refractivity contribution in [3.8, 4) is 0 Å². The molecule has 1 N–H and O–H groups in total. The molecule has 6 heteroatoms. The van der Waals surface area contributed by atoms with E-state index in [-0.39, 0.29) is 24.2 Å². The highest BCUT2D eigenvalue weighted by Gasteiger charge is 2.22. The molecule has 23 heavy (non-hydrogen) atoms. The average molecular weight is 321 g/mol. The fourth-order valence-electron chi connectivity index (χ4n) is 2.63. The first-order valence-electron chi connectivity index (χ1n) is 8.15. The van der Waals surface area contributed by atoms with Gasteiger partial charge in [0.25, 0.3) is 0 Å². The van der Waals surface area contributed by atoms with Crippen LogP contribution in [0.15, 0.2) is 24.3 Å². The van der Waals surface area contributed by atoms with Crippen molar-refractivity contribution in [3.63, 3.8) is 0 Å². The molecule has 2 rings (SSSR count). The van der Waals surface area contributed by atoms with Crippen molar-refractivity contribution in [2.24, 2.45) is 0 Å². The third kappa shape index (κ3) is 4.94. The summed E-state index contributed by atoms with van der Waals surface area (Å²) in [5, 5.41) is 2.86. The molecule has 0 aromatic heterocycles. The lowest BCUT2D eigenvalue weighted by Gasteiger charge is -2.22. The topological polar surface area (TPSA) is 52.7 Å². The Hall–Kier alpha value is -2.11. The van der Waals surface area contributed by atoms with Crippen molar-refractivity contribution in [1.29, 1.82) is 0 Å². The molecule has 0 spiro atoms. The zero-order valence-corrected chi connectivity index (χ0v) is 13.6. The highest BCUT2D eigenvalue weighted by molar-refractivity contribution is 5.79. The monoisotopic (exact) mass is 321 g/mol. The van der Waals surface area contributed by atoms with Gasteiger partial charge in [0.2, 0.25) is 5.91 Å². The molecule has 1 aliphatic heterocycles. The van der Waals surface area contributed by atoms with Gasteiger partial charge in [-0.1, -0.05) is 25.1 Å². The van der Waals surface area contributed by atoms with E-state index in [9.17, 15) is 14.0 Å². The number of hydrogen-bond donors (Lipinski definition) is 1. The van der Waals surface area contributed by atoms with Crippen LogP contribution in [-0.2, 0) is 11.2 Å². The zero-order valence-electron chi connectivity index (χ0n) is 13.6. The third-order valence-corrected chi connectivity index (χ3v) is 3.96. The van der Waals surface area contributed by atoms with Gasteiger partial charge in [0.1, 0.15) is 5.82 Å². The van der Waals surface area contributed by atoms with Gasteiger partial charge in [-0.3, -0.25) is 4.79 Å². The molecule has 0 saturated carbocycles. The maximum absolute atomic E-state index is 13.7. The Morgan fingerprint density at radius 1 is 1.13 bits per heavy atom. The van der Waals surface area contributed by atoms with Gasteiger partial charge in [-0.2, -0.15) is 0 Å².